The van der Waals surface area contributed by atoms with Crippen molar-refractivity contribution in [3.05, 3.63) is 54.1 Å². The van der Waals surface area contributed by atoms with Gasteiger partial charge < -0.3 is 31.7 Å². The van der Waals surface area contributed by atoms with Crippen LogP contribution in [0.4, 0.5) is 31.8 Å². The third-order valence-corrected chi connectivity index (χ3v) is 5.78. The first-order valence-corrected chi connectivity index (χ1v) is 10.8. The number of benzene rings is 1. The first-order chi connectivity index (χ1) is 15.6. The van der Waals surface area contributed by atoms with E-state index < -0.39 is 11.6 Å². The maximum Gasteiger partial charge on any atom is 0.166 e. The molecule has 1 fully saturated rings. The molecule has 0 amide bonds. The van der Waals surface area contributed by atoms with Gasteiger partial charge in [-0.15, -0.1) is 0 Å². The number of methoxy groups -OCH3 is 1. The molecular weight excluding hydrogens is 426 g/mol. The third kappa shape index (κ3) is 5.36. The number of aromatic nitrogens is 1. The van der Waals surface area contributed by atoms with Crippen LogP contribution in [-0.4, -0.2) is 38.3 Å². The average molecular weight is 459 g/mol. The van der Waals surface area contributed by atoms with Gasteiger partial charge in [-0.05, 0) is 31.0 Å². The quantitative estimate of drug-likeness (QED) is 0.435. The van der Waals surface area contributed by atoms with E-state index in [0.29, 0.717) is 22.7 Å². The second-order valence-electron chi connectivity index (χ2n) is 8.44. The van der Waals surface area contributed by atoms with Crippen LogP contribution in [-0.2, 0) is 4.74 Å². The van der Waals surface area contributed by atoms with Crippen LogP contribution in [0.1, 0.15) is 36.8 Å². The van der Waals surface area contributed by atoms with Crippen LogP contribution >= 0.6 is 0 Å². The van der Waals surface area contributed by atoms with Crippen LogP contribution in [0.5, 0.6) is 0 Å². The Morgan fingerprint density at radius 2 is 1.79 bits per heavy atom. The smallest absolute Gasteiger partial charge is 0.166 e. The van der Waals surface area contributed by atoms with Crippen molar-refractivity contribution in [3.63, 3.8) is 0 Å². The normalized spacial score (nSPS) is 17.9. The van der Waals surface area contributed by atoms with E-state index in [2.05, 4.69) is 28.8 Å². The summed E-state index contributed by atoms with van der Waals surface area (Å²) in [6.07, 6.45) is 3.76. The van der Waals surface area contributed by atoms with E-state index in [-0.39, 0.29) is 35.0 Å². The van der Waals surface area contributed by atoms with E-state index in [0.717, 1.165) is 25.7 Å². The number of halogens is 2. The molecule has 0 radical (unpaired) electrons. The summed E-state index contributed by atoms with van der Waals surface area (Å²) in [6.45, 7) is 7.57. The summed E-state index contributed by atoms with van der Waals surface area (Å²) in [4.78, 5) is 6.06. The van der Waals surface area contributed by atoms with Crippen LogP contribution in [0, 0.1) is 11.6 Å². The summed E-state index contributed by atoms with van der Waals surface area (Å²) in [5.41, 5.74) is 13.7. The van der Waals surface area contributed by atoms with Crippen molar-refractivity contribution in [1.82, 2.24) is 4.98 Å². The third-order valence-electron chi connectivity index (χ3n) is 5.78. The van der Waals surface area contributed by atoms with Crippen LogP contribution in [0.15, 0.2) is 31.4 Å². The lowest BCUT2D eigenvalue weighted by atomic mass is 9.91. The second-order valence-corrected chi connectivity index (χ2v) is 8.44. The van der Waals surface area contributed by atoms with Gasteiger partial charge in [0.15, 0.2) is 11.6 Å². The molecule has 1 heterocycles. The lowest BCUT2D eigenvalue weighted by Gasteiger charge is -2.30. The Hall–Kier alpha value is -3.33. The fourth-order valence-corrected chi connectivity index (χ4v) is 4.03. The van der Waals surface area contributed by atoms with Crippen molar-refractivity contribution in [2.45, 2.75) is 37.8 Å². The maximum absolute atomic E-state index is 15.0. The Morgan fingerprint density at radius 3 is 2.39 bits per heavy atom. The van der Waals surface area contributed by atoms with Crippen LogP contribution in [0.2, 0.25) is 0 Å². The summed E-state index contributed by atoms with van der Waals surface area (Å²) >= 11 is 0. The van der Waals surface area contributed by atoms with Gasteiger partial charge in [0, 0.05) is 48.7 Å². The van der Waals surface area contributed by atoms with E-state index in [1.807, 2.05) is 0 Å². The number of rotatable bonds is 8. The molecule has 178 valence electrons. The van der Waals surface area contributed by atoms with Crippen molar-refractivity contribution in [3.8, 4) is 0 Å². The summed E-state index contributed by atoms with van der Waals surface area (Å²) in [6, 6.07) is 4.08. The molecule has 1 aromatic carbocycles. The van der Waals surface area contributed by atoms with Crippen LogP contribution in [0.3, 0.4) is 0 Å². The molecule has 1 saturated carbocycles. The van der Waals surface area contributed by atoms with E-state index in [1.165, 1.54) is 19.2 Å². The van der Waals surface area contributed by atoms with Crippen molar-refractivity contribution >= 4 is 34.5 Å². The molecule has 2 aromatic rings. The summed E-state index contributed by atoms with van der Waals surface area (Å²) < 4.78 is 35.1. The highest BCUT2D eigenvalue weighted by molar-refractivity contribution is 5.80. The molecule has 0 unspecified atom stereocenters. The van der Waals surface area contributed by atoms with Crippen LogP contribution < -0.4 is 27.0 Å². The minimum Gasteiger partial charge on any atom is -0.497 e. The van der Waals surface area contributed by atoms with Gasteiger partial charge in [-0.3, -0.25) is 0 Å². The first kappa shape index (κ1) is 24.3. The SMILES string of the molecule is C=C(N)c1cc(F)c(N[C@@H]2CCCC[C@@H]2N)nc1Nc1cc(F)c(N(C)C)c(C(=C)OC)c1. The minimum atomic E-state index is -0.567. The molecule has 0 bridgehead atoms. The number of pyridine rings is 1. The zero-order chi connectivity index (χ0) is 24.3. The lowest BCUT2D eigenvalue weighted by molar-refractivity contribution is 0.371. The van der Waals surface area contributed by atoms with Gasteiger partial charge in [-0.2, -0.15) is 0 Å². The Kier molecular flexibility index (Phi) is 7.43. The lowest BCUT2D eigenvalue weighted by Crippen LogP contribution is -2.43. The van der Waals surface area contributed by atoms with Gasteiger partial charge in [0.05, 0.1) is 12.8 Å². The number of ether oxygens (including phenoxy) is 1. The monoisotopic (exact) mass is 458 g/mol. The van der Waals surface area contributed by atoms with Gasteiger partial charge >= 0.3 is 0 Å². The summed E-state index contributed by atoms with van der Waals surface area (Å²) in [5.74, 6) is -0.466. The highest BCUT2D eigenvalue weighted by atomic mass is 19.1. The number of anilines is 4. The zero-order valence-corrected chi connectivity index (χ0v) is 19.3. The van der Waals surface area contributed by atoms with E-state index >= 15 is 0 Å². The number of nitrogens with two attached hydrogens (primary N) is 2. The molecule has 33 heavy (non-hydrogen) atoms. The highest BCUT2D eigenvalue weighted by Gasteiger charge is 2.24. The molecule has 1 aliphatic carbocycles. The molecule has 0 spiro atoms. The summed E-state index contributed by atoms with van der Waals surface area (Å²) in [7, 11) is 4.92. The number of nitrogens with zero attached hydrogens (tertiary/aromatic N) is 2. The largest absolute Gasteiger partial charge is 0.497 e. The van der Waals surface area contributed by atoms with Gasteiger partial charge in [0.25, 0.3) is 0 Å². The molecule has 3 rings (SSSR count). The molecule has 2 atom stereocenters. The Bertz CT molecular complexity index is 1060. The zero-order valence-electron chi connectivity index (χ0n) is 19.3. The molecule has 9 heteroatoms. The second kappa shape index (κ2) is 10.1. The van der Waals surface area contributed by atoms with E-state index in [4.69, 9.17) is 16.2 Å². The topological polar surface area (TPSA) is 101 Å². The Balaban J connectivity index is 2.02. The molecule has 0 saturated heterocycles. The van der Waals surface area contributed by atoms with Crippen molar-refractivity contribution in [1.29, 1.82) is 0 Å². The fourth-order valence-electron chi connectivity index (χ4n) is 4.03. The van der Waals surface area contributed by atoms with Gasteiger partial charge in [0.1, 0.15) is 17.4 Å². The molecule has 7 nitrogen and oxygen atoms in total. The van der Waals surface area contributed by atoms with Gasteiger partial charge in [-0.25, -0.2) is 13.8 Å². The number of hydrogen-bond donors (Lipinski definition) is 4. The van der Waals surface area contributed by atoms with E-state index in [1.54, 1.807) is 25.1 Å². The van der Waals surface area contributed by atoms with Crippen molar-refractivity contribution in [2.24, 2.45) is 11.5 Å². The van der Waals surface area contributed by atoms with Crippen molar-refractivity contribution in [2.75, 3.05) is 36.7 Å². The molecule has 0 aliphatic heterocycles. The van der Waals surface area contributed by atoms with Gasteiger partial charge in [-0.1, -0.05) is 26.0 Å². The fraction of sp³-hybridized carbons (Fsp3) is 0.375. The first-order valence-electron chi connectivity index (χ1n) is 10.8. The predicted molar refractivity (Wildman–Crippen MR) is 131 cm³/mol. The molecule has 6 N–H and O–H groups in total. The molecule has 1 aromatic heterocycles. The highest BCUT2D eigenvalue weighted by Crippen LogP contribution is 2.34. The average Bonchev–Trinajstić information content (AvgIpc) is 2.75. The van der Waals surface area contributed by atoms with Crippen LogP contribution in [0.25, 0.3) is 11.5 Å². The van der Waals surface area contributed by atoms with Crippen molar-refractivity contribution < 1.29 is 13.5 Å². The van der Waals surface area contributed by atoms with Gasteiger partial charge in [0.2, 0.25) is 0 Å². The molecular formula is C24H32F2N6O. The minimum absolute atomic E-state index is 0.0526. The Morgan fingerprint density at radius 1 is 1.09 bits per heavy atom. The van der Waals surface area contributed by atoms with E-state index in [9.17, 15) is 8.78 Å². The standard InChI is InChI=1S/C24H32F2N6O/c1-13(27)16-12-19(26)24(30-21-9-7-6-8-20(21)28)31-23(16)29-15-10-17(14(2)33-5)22(32(3)4)18(25)11-15/h10-12,20-21H,1-2,6-9,27-28H2,3-5H3,(H2,29,30,31)/t20-,21+/m0/s1. The predicted octanol–water partition coefficient (Wildman–Crippen LogP) is 4.40. The number of nitrogens with one attached hydrogen (secondary N) is 2. The summed E-state index contributed by atoms with van der Waals surface area (Å²) in [5, 5.41) is 6.18. The molecule has 1 aliphatic rings. The number of hydrogen-bond acceptors (Lipinski definition) is 7. The maximum atomic E-state index is 15.0. The Labute approximate surface area is 193 Å².